The van der Waals surface area contributed by atoms with Gasteiger partial charge in [0.2, 0.25) is 5.88 Å². The fraction of sp³-hybridized carbons (Fsp3) is 0.200. The van der Waals surface area contributed by atoms with Gasteiger partial charge in [-0.1, -0.05) is 0 Å². The van der Waals surface area contributed by atoms with Gasteiger partial charge in [-0.15, -0.1) is 5.10 Å². The van der Waals surface area contributed by atoms with E-state index in [0.717, 1.165) is 18.5 Å². The minimum Gasteiger partial charge on any atom is -0.755 e. The Bertz CT molecular complexity index is 1100. The van der Waals surface area contributed by atoms with Gasteiger partial charge in [0.1, 0.15) is 23.2 Å². The summed E-state index contributed by atoms with van der Waals surface area (Å²) < 4.78 is 56.8. The van der Waals surface area contributed by atoms with Crippen molar-refractivity contribution in [3.05, 3.63) is 30.1 Å². The number of hydrogen-bond acceptors (Lipinski definition) is 8. The largest absolute Gasteiger partial charge is 0.755 e. The zero-order chi connectivity index (χ0) is 21.7. The van der Waals surface area contributed by atoms with Crippen LogP contribution >= 0.6 is 0 Å². The first-order chi connectivity index (χ1) is 14.4. The fourth-order valence-electron chi connectivity index (χ4n) is 2.35. The van der Waals surface area contributed by atoms with Crippen LogP contribution in [0.4, 0.5) is 30.8 Å². The van der Waals surface area contributed by atoms with Crippen LogP contribution in [0, 0.1) is 11.6 Å². The summed E-state index contributed by atoms with van der Waals surface area (Å²) in [5.74, 6) is -2.47. The summed E-state index contributed by atoms with van der Waals surface area (Å²) in [4.78, 5) is 20.1. The number of nitrogens with one attached hydrogen (secondary N) is 4. The first-order valence-corrected chi connectivity index (χ1v) is 9.32. The molecular formula is C15H14F2N7O5S-. The van der Waals surface area contributed by atoms with Gasteiger partial charge in [-0.05, 0) is 12.1 Å². The molecule has 0 radical (unpaired) electrons. The predicted molar refractivity (Wildman–Crippen MR) is 100 cm³/mol. The van der Waals surface area contributed by atoms with Crippen molar-refractivity contribution < 1.29 is 32.2 Å². The molecule has 3 rings (SSSR count). The van der Waals surface area contributed by atoms with Crippen LogP contribution in [-0.2, 0) is 11.3 Å². The summed E-state index contributed by atoms with van der Waals surface area (Å²) >= 11 is -2.85. The third-order valence-corrected chi connectivity index (χ3v) is 4.01. The van der Waals surface area contributed by atoms with Gasteiger partial charge in [0.05, 0.1) is 12.3 Å². The van der Waals surface area contributed by atoms with Gasteiger partial charge in [0.15, 0.2) is 17.3 Å². The molecule has 2 heterocycles. The number of urea groups is 1. The lowest BCUT2D eigenvalue weighted by Gasteiger charge is -2.14. The average Bonchev–Trinajstić information content (AvgIpc) is 3.11. The number of fused-ring (bicyclic) bond motifs is 1. The van der Waals surface area contributed by atoms with Crippen molar-refractivity contribution in [3.63, 3.8) is 0 Å². The third-order valence-electron chi connectivity index (χ3n) is 3.62. The number of carbonyl (C=O) groups excluding carboxylic acids is 1. The summed E-state index contributed by atoms with van der Waals surface area (Å²) in [5.41, 5.74) is -1.21. The van der Waals surface area contributed by atoms with E-state index in [1.54, 1.807) is 4.72 Å². The minimum atomic E-state index is -2.85. The molecule has 3 aromatic rings. The number of halogens is 2. The lowest BCUT2D eigenvalue weighted by atomic mass is 10.2. The van der Waals surface area contributed by atoms with Crippen LogP contribution in [0.2, 0.25) is 0 Å². The molecule has 0 bridgehead atoms. The van der Waals surface area contributed by atoms with Crippen LogP contribution in [0.1, 0.15) is 6.42 Å². The van der Waals surface area contributed by atoms with Crippen molar-refractivity contribution in [1.29, 1.82) is 0 Å². The molecular weight excluding hydrogens is 428 g/mol. The molecule has 160 valence electrons. The third kappa shape index (κ3) is 4.76. The van der Waals surface area contributed by atoms with E-state index in [-0.39, 0.29) is 35.9 Å². The highest BCUT2D eigenvalue weighted by atomic mass is 32.2. The maximum atomic E-state index is 14.3. The molecule has 0 aliphatic rings. The van der Waals surface area contributed by atoms with E-state index >= 15 is 0 Å². The Morgan fingerprint density at radius 3 is 2.83 bits per heavy atom. The van der Waals surface area contributed by atoms with Gasteiger partial charge >= 0.3 is 6.03 Å². The molecule has 0 aliphatic heterocycles. The molecule has 15 heteroatoms. The van der Waals surface area contributed by atoms with Gasteiger partial charge < -0.3 is 24.4 Å². The monoisotopic (exact) mass is 442 g/mol. The van der Waals surface area contributed by atoms with Crippen molar-refractivity contribution in [1.82, 2.24) is 20.2 Å². The molecule has 2 aromatic heterocycles. The molecule has 30 heavy (non-hydrogen) atoms. The van der Waals surface area contributed by atoms with Crippen molar-refractivity contribution in [3.8, 4) is 5.88 Å². The molecule has 1 atom stereocenters. The van der Waals surface area contributed by atoms with E-state index in [1.165, 1.54) is 0 Å². The van der Waals surface area contributed by atoms with Crippen LogP contribution in [-0.4, -0.2) is 53.3 Å². The molecule has 2 amide bonds. The summed E-state index contributed by atoms with van der Waals surface area (Å²) in [6, 6.07) is 0.564. The first-order valence-electron chi connectivity index (χ1n) is 8.25. The number of nitrogens with zero attached hydrogens (tertiary/aromatic N) is 3. The molecule has 1 unspecified atom stereocenters. The van der Waals surface area contributed by atoms with Crippen molar-refractivity contribution >= 4 is 45.5 Å². The second-order valence-corrected chi connectivity index (χ2v) is 6.27. The molecule has 0 saturated heterocycles. The average molecular weight is 442 g/mol. The minimum absolute atomic E-state index is 0.0517. The Morgan fingerprint density at radius 1 is 1.30 bits per heavy atom. The highest BCUT2D eigenvalue weighted by Crippen LogP contribution is 2.29. The summed E-state index contributed by atoms with van der Waals surface area (Å²) in [7, 11) is 0. The quantitative estimate of drug-likeness (QED) is 0.255. The van der Waals surface area contributed by atoms with E-state index in [1.807, 2.05) is 5.32 Å². The molecule has 5 N–H and O–H groups in total. The van der Waals surface area contributed by atoms with E-state index in [4.69, 9.17) is 9.84 Å². The van der Waals surface area contributed by atoms with E-state index in [9.17, 15) is 22.3 Å². The lowest BCUT2D eigenvalue weighted by Crippen LogP contribution is -2.22. The standard InChI is InChI=1S/C15H15F2N7O5S/c16-7-2-3-8(24-30(27)28)10(17)11(7)20-15(26)21-12-9-13(19-6-18-12)22-23-14(9)29-5-1-4-25/h2-3,6,24-25H,1,4-5H2,(H,27,28)(H3,18,19,20,21,22,23,26)/p-1. The van der Waals surface area contributed by atoms with Crippen LogP contribution in [0.5, 0.6) is 5.88 Å². The molecule has 0 fully saturated rings. The molecule has 0 aliphatic carbocycles. The number of aromatic amines is 1. The SMILES string of the molecule is O=C(Nc1c(F)ccc(NS(=O)[O-])c1F)Nc1ncnc2[nH]nc(OCCCO)c12. The van der Waals surface area contributed by atoms with Crippen LogP contribution in [0.25, 0.3) is 11.0 Å². The summed E-state index contributed by atoms with van der Waals surface area (Å²) in [6.45, 7) is 0.0334. The molecule has 1 aromatic carbocycles. The van der Waals surface area contributed by atoms with E-state index in [0.29, 0.717) is 6.42 Å². The lowest BCUT2D eigenvalue weighted by molar-refractivity contribution is 0.230. The summed E-state index contributed by atoms with van der Waals surface area (Å²) in [6.07, 6.45) is 1.45. The molecule has 0 saturated carbocycles. The summed E-state index contributed by atoms with van der Waals surface area (Å²) in [5, 5.41) is 19.8. The van der Waals surface area contributed by atoms with Gasteiger partial charge in [-0.25, -0.2) is 23.5 Å². The maximum Gasteiger partial charge on any atom is 0.325 e. The van der Waals surface area contributed by atoms with Gasteiger partial charge in [0.25, 0.3) is 0 Å². The zero-order valence-corrected chi connectivity index (χ0v) is 15.8. The Labute approximate surface area is 169 Å². The Kier molecular flexibility index (Phi) is 6.65. The maximum absolute atomic E-state index is 14.3. The number of ether oxygens (including phenoxy) is 1. The number of amides is 2. The number of benzene rings is 1. The van der Waals surface area contributed by atoms with E-state index < -0.39 is 40.3 Å². The Morgan fingerprint density at radius 2 is 2.10 bits per heavy atom. The van der Waals surface area contributed by atoms with Gasteiger partial charge in [-0.2, -0.15) is 0 Å². The fourth-order valence-corrected chi connectivity index (χ4v) is 2.69. The Balaban J connectivity index is 1.82. The van der Waals surface area contributed by atoms with Crippen molar-refractivity contribution in [2.45, 2.75) is 6.42 Å². The van der Waals surface area contributed by atoms with Crippen LogP contribution in [0.3, 0.4) is 0 Å². The predicted octanol–water partition coefficient (Wildman–Crippen LogP) is 1.24. The topological polar surface area (TPSA) is 177 Å². The van der Waals surface area contributed by atoms with Crippen molar-refractivity contribution in [2.24, 2.45) is 0 Å². The van der Waals surface area contributed by atoms with Gasteiger partial charge in [0, 0.05) is 24.3 Å². The smallest absolute Gasteiger partial charge is 0.325 e. The highest BCUT2D eigenvalue weighted by molar-refractivity contribution is 7.80. The molecule has 12 nitrogen and oxygen atoms in total. The van der Waals surface area contributed by atoms with Gasteiger partial charge in [-0.3, -0.25) is 14.6 Å². The number of hydrogen-bond donors (Lipinski definition) is 5. The number of carbonyl (C=O) groups is 1. The van der Waals surface area contributed by atoms with Crippen LogP contribution < -0.4 is 20.1 Å². The number of H-pyrrole nitrogens is 1. The number of aliphatic hydroxyl groups excluding tert-OH is 1. The normalized spacial score (nSPS) is 11.9. The number of rotatable bonds is 8. The first kappa shape index (κ1) is 21.3. The highest BCUT2D eigenvalue weighted by Gasteiger charge is 2.19. The van der Waals surface area contributed by atoms with Crippen LogP contribution in [0.15, 0.2) is 18.5 Å². The Hall–Kier alpha value is -3.43. The van der Waals surface area contributed by atoms with E-state index in [2.05, 4.69) is 25.5 Å². The number of anilines is 3. The number of aliphatic hydroxyl groups is 1. The second-order valence-electron chi connectivity index (χ2n) is 5.60. The molecule has 0 spiro atoms. The van der Waals surface area contributed by atoms with Crippen molar-refractivity contribution in [2.75, 3.05) is 28.6 Å². The second kappa shape index (κ2) is 9.38. The number of aromatic nitrogens is 4. The zero-order valence-electron chi connectivity index (χ0n) is 14.9.